The molecule has 0 atom stereocenters. The molecule has 0 saturated carbocycles. The van der Waals surface area contributed by atoms with Crippen molar-refractivity contribution in [1.82, 2.24) is 9.38 Å². The Labute approximate surface area is 100 Å². The van der Waals surface area contributed by atoms with E-state index in [0.29, 0.717) is 5.82 Å². The number of imidazole rings is 1. The Bertz CT molecular complexity index is 505. The second-order valence-electron chi connectivity index (χ2n) is 3.21. The van der Waals surface area contributed by atoms with Gasteiger partial charge in [0.25, 0.3) is 0 Å². The van der Waals surface area contributed by atoms with Crippen LogP contribution >= 0.6 is 0 Å². The SMILES string of the molecule is CC.COC(=O)Nc1cn2cc(C)ccc2n1. The number of aryl methyl sites for hydroxylation is 1. The standard InChI is InChI=1S/C10H11N3O2.C2H6/c1-7-3-4-9-11-8(6-13(9)5-7)12-10(14)15-2;1-2/h3-6H,1-2H3,(H,12,14);1-2H3. The van der Waals surface area contributed by atoms with Crippen LogP contribution in [0.5, 0.6) is 0 Å². The molecule has 1 N–H and O–H groups in total. The zero-order chi connectivity index (χ0) is 12.8. The van der Waals surface area contributed by atoms with E-state index in [1.165, 1.54) is 7.11 Å². The first-order valence-electron chi connectivity index (χ1n) is 5.49. The normalized spacial score (nSPS) is 9.41. The van der Waals surface area contributed by atoms with E-state index in [9.17, 15) is 4.79 Å². The van der Waals surface area contributed by atoms with Gasteiger partial charge in [0.15, 0.2) is 5.82 Å². The number of anilines is 1. The van der Waals surface area contributed by atoms with Gasteiger partial charge in [-0.3, -0.25) is 5.32 Å². The predicted octanol–water partition coefficient (Wildman–Crippen LogP) is 2.85. The summed E-state index contributed by atoms with van der Waals surface area (Å²) in [5.41, 5.74) is 1.91. The monoisotopic (exact) mass is 235 g/mol. The number of methoxy groups -OCH3 is 1. The van der Waals surface area contributed by atoms with Crippen LogP contribution in [0.4, 0.5) is 10.6 Å². The molecule has 5 heteroatoms. The molecule has 0 aliphatic heterocycles. The molecule has 5 nitrogen and oxygen atoms in total. The average molecular weight is 235 g/mol. The Balaban J connectivity index is 0.000000686. The van der Waals surface area contributed by atoms with Crippen molar-refractivity contribution in [3.63, 3.8) is 0 Å². The Morgan fingerprint density at radius 3 is 2.71 bits per heavy atom. The third-order valence-electron chi connectivity index (χ3n) is 2.01. The zero-order valence-electron chi connectivity index (χ0n) is 10.5. The summed E-state index contributed by atoms with van der Waals surface area (Å²) in [6, 6.07) is 3.85. The van der Waals surface area contributed by atoms with Crippen LogP contribution in [-0.2, 0) is 4.74 Å². The van der Waals surface area contributed by atoms with Crippen LogP contribution in [0.15, 0.2) is 24.5 Å². The van der Waals surface area contributed by atoms with Crippen LogP contribution in [0.3, 0.4) is 0 Å². The van der Waals surface area contributed by atoms with Crippen molar-refractivity contribution in [2.45, 2.75) is 20.8 Å². The minimum Gasteiger partial charge on any atom is -0.453 e. The minimum atomic E-state index is -0.518. The van der Waals surface area contributed by atoms with E-state index < -0.39 is 6.09 Å². The average Bonchev–Trinajstić information content (AvgIpc) is 2.72. The van der Waals surface area contributed by atoms with Gasteiger partial charge < -0.3 is 9.14 Å². The maximum Gasteiger partial charge on any atom is 0.412 e. The molecule has 0 aromatic carbocycles. The summed E-state index contributed by atoms with van der Waals surface area (Å²) in [5, 5.41) is 2.51. The molecule has 0 radical (unpaired) electrons. The number of nitrogens with zero attached hydrogens (tertiary/aromatic N) is 2. The van der Waals surface area contributed by atoms with Gasteiger partial charge in [0.05, 0.1) is 13.3 Å². The van der Waals surface area contributed by atoms with E-state index in [1.54, 1.807) is 6.20 Å². The quantitative estimate of drug-likeness (QED) is 0.826. The van der Waals surface area contributed by atoms with Crippen LogP contribution in [0.25, 0.3) is 5.65 Å². The van der Waals surface area contributed by atoms with Crippen molar-refractivity contribution >= 4 is 17.6 Å². The number of hydrogen-bond donors (Lipinski definition) is 1. The topological polar surface area (TPSA) is 55.6 Å². The number of carbonyl (C=O) groups is 1. The Morgan fingerprint density at radius 2 is 2.06 bits per heavy atom. The van der Waals surface area contributed by atoms with Crippen LogP contribution in [0.2, 0.25) is 0 Å². The number of nitrogens with one attached hydrogen (secondary N) is 1. The van der Waals surface area contributed by atoms with Crippen molar-refractivity contribution in [3.05, 3.63) is 30.1 Å². The van der Waals surface area contributed by atoms with E-state index in [2.05, 4.69) is 15.0 Å². The lowest BCUT2D eigenvalue weighted by atomic mass is 10.3. The Kier molecular flexibility index (Phi) is 4.51. The second-order valence-corrected chi connectivity index (χ2v) is 3.21. The summed E-state index contributed by atoms with van der Waals surface area (Å²) < 4.78 is 6.32. The van der Waals surface area contributed by atoms with E-state index in [4.69, 9.17) is 0 Å². The van der Waals surface area contributed by atoms with Crippen molar-refractivity contribution in [3.8, 4) is 0 Å². The fourth-order valence-corrected chi connectivity index (χ4v) is 1.32. The minimum absolute atomic E-state index is 0.479. The first-order valence-corrected chi connectivity index (χ1v) is 5.49. The molecule has 0 unspecified atom stereocenters. The first kappa shape index (κ1) is 13.0. The number of amides is 1. The third kappa shape index (κ3) is 3.21. The van der Waals surface area contributed by atoms with E-state index in [-0.39, 0.29) is 0 Å². The molecule has 0 aliphatic carbocycles. The number of carbonyl (C=O) groups excluding carboxylic acids is 1. The summed E-state index contributed by atoms with van der Waals surface area (Å²) in [6.45, 7) is 5.99. The highest BCUT2D eigenvalue weighted by Gasteiger charge is 2.04. The molecular formula is C12H17N3O2. The molecule has 0 aliphatic rings. The summed E-state index contributed by atoms with van der Waals surface area (Å²) >= 11 is 0. The number of hydrogen-bond acceptors (Lipinski definition) is 3. The summed E-state index contributed by atoms with van der Waals surface area (Å²) in [7, 11) is 1.31. The number of ether oxygens (including phenoxy) is 1. The fraction of sp³-hybridized carbons (Fsp3) is 0.333. The molecule has 0 saturated heterocycles. The van der Waals surface area contributed by atoms with Gasteiger partial charge in [-0.05, 0) is 18.6 Å². The molecule has 1 amide bonds. The smallest absolute Gasteiger partial charge is 0.412 e. The zero-order valence-corrected chi connectivity index (χ0v) is 10.5. The number of fused-ring (bicyclic) bond motifs is 1. The molecule has 17 heavy (non-hydrogen) atoms. The predicted molar refractivity (Wildman–Crippen MR) is 67.3 cm³/mol. The van der Waals surface area contributed by atoms with Crippen LogP contribution in [0, 0.1) is 6.92 Å². The second kappa shape index (κ2) is 5.89. The molecule has 0 bridgehead atoms. The number of pyridine rings is 1. The molecule has 2 aromatic heterocycles. The third-order valence-corrected chi connectivity index (χ3v) is 2.01. The van der Waals surface area contributed by atoms with Crippen LogP contribution < -0.4 is 5.32 Å². The highest BCUT2D eigenvalue weighted by Crippen LogP contribution is 2.10. The van der Waals surface area contributed by atoms with Gasteiger partial charge in [-0.1, -0.05) is 19.9 Å². The molecule has 2 aromatic rings. The van der Waals surface area contributed by atoms with E-state index in [0.717, 1.165) is 11.2 Å². The van der Waals surface area contributed by atoms with Crippen molar-refractivity contribution in [1.29, 1.82) is 0 Å². The Morgan fingerprint density at radius 1 is 1.35 bits per heavy atom. The van der Waals surface area contributed by atoms with Gasteiger partial charge in [-0.25, -0.2) is 9.78 Å². The first-order chi connectivity index (χ1) is 8.19. The van der Waals surface area contributed by atoms with Crippen molar-refractivity contribution in [2.75, 3.05) is 12.4 Å². The van der Waals surface area contributed by atoms with Gasteiger partial charge in [0.1, 0.15) is 5.65 Å². The molecule has 92 valence electrons. The number of rotatable bonds is 1. The van der Waals surface area contributed by atoms with Gasteiger partial charge in [-0.15, -0.1) is 0 Å². The lowest BCUT2D eigenvalue weighted by molar-refractivity contribution is 0.187. The van der Waals surface area contributed by atoms with Gasteiger partial charge >= 0.3 is 6.09 Å². The molecular weight excluding hydrogens is 218 g/mol. The van der Waals surface area contributed by atoms with Crippen LogP contribution in [0.1, 0.15) is 19.4 Å². The maximum absolute atomic E-state index is 10.9. The van der Waals surface area contributed by atoms with E-state index in [1.807, 2.05) is 43.5 Å². The highest BCUT2D eigenvalue weighted by atomic mass is 16.5. The van der Waals surface area contributed by atoms with Crippen molar-refractivity contribution < 1.29 is 9.53 Å². The van der Waals surface area contributed by atoms with Crippen molar-refractivity contribution in [2.24, 2.45) is 0 Å². The Hall–Kier alpha value is -2.04. The maximum atomic E-state index is 10.9. The molecule has 2 heterocycles. The summed E-state index contributed by atoms with van der Waals surface area (Å²) in [4.78, 5) is 15.1. The number of aromatic nitrogens is 2. The highest BCUT2D eigenvalue weighted by molar-refractivity contribution is 5.83. The van der Waals surface area contributed by atoms with Gasteiger partial charge in [0, 0.05) is 6.20 Å². The van der Waals surface area contributed by atoms with Crippen LogP contribution in [-0.4, -0.2) is 22.6 Å². The fourth-order valence-electron chi connectivity index (χ4n) is 1.32. The molecule has 0 fully saturated rings. The summed E-state index contributed by atoms with van der Waals surface area (Å²) in [6.07, 6.45) is 3.15. The molecule has 0 spiro atoms. The summed E-state index contributed by atoms with van der Waals surface area (Å²) in [5.74, 6) is 0.479. The molecule has 2 rings (SSSR count). The lowest BCUT2D eigenvalue weighted by Crippen LogP contribution is -2.10. The van der Waals surface area contributed by atoms with E-state index >= 15 is 0 Å². The van der Waals surface area contributed by atoms with Gasteiger partial charge in [0.2, 0.25) is 0 Å². The van der Waals surface area contributed by atoms with Gasteiger partial charge in [-0.2, -0.15) is 0 Å². The largest absolute Gasteiger partial charge is 0.453 e. The lowest BCUT2D eigenvalue weighted by Gasteiger charge is -1.96.